The van der Waals surface area contributed by atoms with Crippen LogP contribution in [0.1, 0.15) is 40.5 Å². The van der Waals surface area contributed by atoms with E-state index in [2.05, 4.69) is 20.5 Å². The maximum Gasteiger partial charge on any atom is 0.277 e. The second-order valence-electron chi connectivity index (χ2n) is 4.66. The first-order valence-corrected chi connectivity index (χ1v) is 6.02. The lowest BCUT2D eigenvalue weighted by atomic mass is 10.2. The molecule has 5 nitrogen and oxygen atoms in total. The number of aryl methyl sites for hydroxylation is 1. The molecular weight excluding hydrogens is 228 g/mol. The van der Waals surface area contributed by atoms with Crippen LogP contribution in [0.3, 0.4) is 0 Å². The third-order valence-corrected chi connectivity index (χ3v) is 3.00. The molecule has 1 amide bonds. The molecule has 18 heavy (non-hydrogen) atoms. The fourth-order valence-corrected chi connectivity index (χ4v) is 1.84. The lowest BCUT2D eigenvalue weighted by Gasteiger charge is -2.02. The van der Waals surface area contributed by atoms with Gasteiger partial charge in [-0.15, -0.1) is 0 Å². The van der Waals surface area contributed by atoms with E-state index in [1.54, 1.807) is 6.20 Å². The average Bonchev–Trinajstić information content (AvgIpc) is 3.07. The van der Waals surface area contributed by atoms with Crippen LogP contribution in [-0.2, 0) is 0 Å². The number of amides is 1. The molecule has 0 aromatic carbocycles. The lowest BCUT2D eigenvalue weighted by molar-refractivity contribution is 0.102. The molecule has 2 N–H and O–H groups in total. The van der Waals surface area contributed by atoms with Crippen molar-refractivity contribution in [2.75, 3.05) is 5.32 Å². The molecule has 3 rings (SSSR count). The van der Waals surface area contributed by atoms with Crippen molar-refractivity contribution in [2.24, 2.45) is 0 Å². The average molecular weight is 242 g/mol. The molecule has 1 saturated carbocycles. The highest BCUT2D eigenvalue weighted by molar-refractivity contribution is 6.02. The fraction of sp³-hybridized carbons (Fsp3) is 0.308. The molecule has 0 unspecified atom stereocenters. The van der Waals surface area contributed by atoms with Crippen LogP contribution in [0.2, 0.25) is 0 Å². The minimum atomic E-state index is -0.226. The summed E-state index contributed by atoms with van der Waals surface area (Å²) in [4.78, 5) is 16.0. The quantitative estimate of drug-likeness (QED) is 0.867. The van der Waals surface area contributed by atoms with E-state index in [1.807, 2.05) is 25.1 Å². The molecule has 1 aliphatic rings. The topological polar surface area (TPSA) is 70.7 Å². The van der Waals surface area contributed by atoms with Crippen LogP contribution in [0.25, 0.3) is 0 Å². The van der Waals surface area contributed by atoms with E-state index in [-0.39, 0.29) is 5.91 Å². The van der Waals surface area contributed by atoms with Crippen molar-refractivity contribution in [3.63, 3.8) is 0 Å². The van der Waals surface area contributed by atoms with Crippen LogP contribution in [-0.4, -0.2) is 21.1 Å². The first-order chi connectivity index (χ1) is 8.72. The van der Waals surface area contributed by atoms with Crippen LogP contribution < -0.4 is 5.32 Å². The number of carbonyl (C=O) groups excluding carboxylic acids is 1. The van der Waals surface area contributed by atoms with Crippen molar-refractivity contribution >= 4 is 11.7 Å². The van der Waals surface area contributed by atoms with Crippen molar-refractivity contribution in [3.05, 3.63) is 41.3 Å². The first-order valence-electron chi connectivity index (χ1n) is 6.02. The van der Waals surface area contributed by atoms with Crippen LogP contribution in [0.4, 0.5) is 5.82 Å². The van der Waals surface area contributed by atoms with Gasteiger partial charge in [0.25, 0.3) is 5.91 Å². The zero-order valence-corrected chi connectivity index (χ0v) is 10.1. The maximum absolute atomic E-state index is 11.9. The summed E-state index contributed by atoms with van der Waals surface area (Å²) in [7, 11) is 0. The number of carbonyl (C=O) groups is 1. The summed E-state index contributed by atoms with van der Waals surface area (Å²) in [5, 5.41) is 9.68. The van der Waals surface area contributed by atoms with E-state index < -0.39 is 0 Å². The van der Waals surface area contributed by atoms with Gasteiger partial charge in [0.1, 0.15) is 5.82 Å². The third kappa shape index (κ3) is 2.25. The SMILES string of the molecule is Cc1ccnc(NC(=O)c2cc(C3CC3)[nH]n2)c1. The number of aromatic nitrogens is 3. The Hall–Kier alpha value is -2.17. The van der Waals surface area contributed by atoms with Crippen LogP contribution >= 0.6 is 0 Å². The summed E-state index contributed by atoms with van der Waals surface area (Å²) < 4.78 is 0. The van der Waals surface area contributed by atoms with Crippen LogP contribution in [0, 0.1) is 6.92 Å². The molecule has 2 heterocycles. The highest BCUT2D eigenvalue weighted by Crippen LogP contribution is 2.38. The highest BCUT2D eigenvalue weighted by Gasteiger charge is 2.26. The van der Waals surface area contributed by atoms with Gasteiger partial charge in [-0.2, -0.15) is 5.10 Å². The van der Waals surface area contributed by atoms with Crippen molar-refractivity contribution in [3.8, 4) is 0 Å². The summed E-state index contributed by atoms with van der Waals surface area (Å²) >= 11 is 0. The highest BCUT2D eigenvalue weighted by atomic mass is 16.2. The molecule has 0 aliphatic heterocycles. The van der Waals surface area contributed by atoms with Gasteiger partial charge in [-0.25, -0.2) is 4.98 Å². The van der Waals surface area contributed by atoms with E-state index in [9.17, 15) is 4.79 Å². The molecule has 0 atom stereocenters. The molecule has 1 fully saturated rings. The molecule has 2 aromatic heterocycles. The van der Waals surface area contributed by atoms with Gasteiger partial charge in [-0.3, -0.25) is 9.89 Å². The van der Waals surface area contributed by atoms with Gasteiger partial charge in [0.2, 0.25) is 0 Å². The Kier molecular flexibility index (Phi) is 2.59. The minimum Gasteiger partial charge on any atom is -0.305 e. The second kappa shape index (κ2) is 4.25. The normalized spacial score (nSPS) is 14.5. The van der Waals surface area contributed by atoms with Gasteiger partial charge >= 0.3 is 0 Å². The van der Waals surface area contributed by atoms with Crippen molar-refractivity contribution in [2.45, 2.75) is 25.7 Å². The molecule has 5 heteroatoms. The third-order valence-electron chi connectivity index (χ3n) is 3.00. The predicted molar refractivity (Wildman–Crippen MR) is 67.5 cm³/mol. The number of nitrogens with one attached hydrogen (secondary N) is 2. The van der Waals surface area contributed by atoms with Gasteiger partial charge in [-0.1, -0.05) is 0 Å². The van der Waals surface area contributed by atoms with Gasteiger partial charge in [-0.05, 0) is 43.5 Å². The Labute approximate surface area is 105 Å². The molecule has 1 aliphatic carbocycles. The Bertz CT molecular complexity index is 586. The first kappa shape index (κ1) is 11.0. The standard InChI is InChI=1S/C13H14N4O/c1-8-4-5-14-12(6-8)15-13(18)11-7-10(16-17-11)9-2-3-9/h4-7,9H,2-3H2,1H3,(H,16,17)(H,14,15,18). The Morgan fingerprint density at radius 1 is 1.44 bits per heavy atom. The lowest BCUT2D eigenvalue weighted by Crippen LogP contribution is -2.13. The summed E-state index contributed by atoms with van der Waals surface area (Å²) in [6, 6.07) is 5.53. The Morgan fingerprint density at radius 2 is 2.28 bits per heavy atom. The van der Waals surface area contributed by atoms with Crippen LogP contribution in [0.5, 0.6) is 0 Å². The number of hydrogen-bond acceptors (Lipinski definition) is 3. The Morgan fingerprint density at radius 3 is 3.00 bits per heavy atom. The molecule has 92 valence electrons. The summed E-state index contributed by atoms with van der Waals surface area (Å²) in [5.41, 5.74) is 2.53. The molecule has 0 saturated heterocycles. The molecule has 0 bridgehead atoms. The number of anilines is 1. The largest absolute Gasteiger partial charge is 0.305 e. The predicted octanol–water partition coefficient (Wildman–Crippen LogP) is 2.24. The van der Waals surface area contributed by atoms with Gasteiger partial charge in [0.05, 0.1) is 0 Å². The molecule has 2 aromatic rings. The van der Waals surface area contributed by atoms with E-state index in [0.29, 0.717) is 17.4 Å². The fourth-order valence-electron chi connectivity index (χ4n) is 1.84. The van der Waals surface area contributed by atoms with Crippen LogP contribution in [0.15, 0.2) is 24.4 Å². The zero-order chi connectivity index (χ0) is 12.5. The van der Waals surface area contributed by atoms with Gasteiger partial charge in [0, 0.05) is 17.8 Å². The number of pyridine rings is 1. The zero-order valence-electron chi connectivity index (χ0n) is 10.1. The number of H-pyrrole nitrogens is 1. The van der Waals surface area contributed by atoms with Gasteiger partial charge < -0.3 is 5.32 Å². The van der Waals surface area contributed by atoms with Crippen molar-refractivity contribution in [1.29, 1.82) is 0 Å². The van der Waals surface area contributed by atoms with E-state index in [1.165, 1.54) is 12.8 Å². The maximum atomic E-state index is 11.9. The second-order valence-corrected chi connectivity index (χ2v) is 4.66. The van der Waals surface area contributed by atoms with E-state index in [4.69, 9.17) is 0 Å². The summed E-state index contributed by atoms with van der Waals surface area (Å²) in [5.74, 6) is 0.892. The smallest absolute Gasteiger partial charge is 0.277 e. The number of rotatable bonds is 3. The number of nitrogens with zero attached hydrogens (tertiary/aromatic N) is 2. The number of hydrogen-bond donors (Lipinski definition) is 2. The molecule has 0 spiro atoms. The van der Waals surface area contributed by atoms with E-state index >= 15 is 0 Å². The Balaban J connectivity index is 1.73. The van der Waals surface area contributed by atoms with E-state index in [0.717, 1.165) is 11.3 Å². The summed E-state index contributed by atoms with van der Waals surface area (Å²) in [6.07, 6.45) is 4.04. The summed E-state index contributed by atoms with van der Waals surface area (Å²) in [6.45, 7) is 1.96. The monoisotopic (exact) mass is 242 g/mol. The van der Waals surface area contributed by atoms with Crippen molar-refractivity contribution in [1.82, 2.24) is 15.2 Å². The molecular formula is C13H14N4O. The molecule has 0 radical (unpaired) electrons. The van der Waals surface area contributed by atoms with Crippen molar-refractivity contribution < 1.29 is 4.79 Å². The minimum absolute atomic E-state index is 0.226. The number of aromatic amines is 1. The van der Waals surface area contributed by atoms with Gasteiger partial charge in [0.15, 0.2) is 5.69 Å².